The van der Waals surface area contributed by atoms with Crippen LogP contribution >= 0.6 is 0 Å². The number of hydrogen-bond donors (Lipinski definition) is 1. The molecule has 0 unspecified atom stereocenters. The zero-order valence-electron chi connectivity index (χ0n) is 9.38. The molecule has 1 N–H and O–H groups in total. The Morgan fingerprint density at radius 1 is 1.33 bits per heavy atom. The van der Waals surface area contributed by atoms with Crippen LogP contribution in [-0.2, 0) is 6.18 Å². The molecule has 6 heteroatoms. The summed E-state index contributed by atoms with van der Waals surface area (Å²) in [6.07, 6.45) is -3.22. The third-order valence-corrected chi connectivity index (χ3v) is 2.86. The largest absolute Gasteiger partial charge is 0.417 e. The Labute approximate surface area is 102 Å². The van der Waals surface area contributed by atoms with Crippen molar-refractivity contribution in [3.05, 3.63) is 29.3 Å². The van der Waals surface area contributed by atoms with Crippen LogP contribution in [0.15, 0.2) is 18.2 Å². The van der Waals surface area contributed by atoms with Crippen molar-refractivity contribution in [2.75, 3.05) is 11.4 Å². The maximum Gasteiger partial charge on any atom is 0.417 e. The van der Waals surface area contributed by atoms with Crippen LogP contribution in [0.4, 0.5) is 18.9 Å². The fraction of sp³-hybridized carbons (Fsp3) is 0.333. The Kier molecular flexibility index (Phi) is 2.99. The number of rotatable bonds is 1. The molecular formula is C12H10F3N3. The summed E-state index contributed by atoms with van der Waals surface area (Å²) in [4.78, 5) is 1.54. The standard InChI is InChI=1S/C12H10F3N3/c13-12(14,15)10-6-9(4-3-8(10)7-16)18-5-1-2-11(18)17/h3-4,6,17H,1-2,5H2. The van der Waals surface area contributed by atoms with Crippen LogP contribution in [0.3, 0.4) is 0 Å². The van der Waals surface area contributed by atoms with E-state index in [9.17, 15) is 13.2 Å². The van der Waals surface area contributed by atoms with E-state index in [-0.39, 0.29) is 0 Å². The van der Waals surface area contributed by atoms with Crippen LogP contribution in [0.1, 0.15) is 24.0 Å². The van der Waals surface area contributed by atoms with E-state index in [0.29, 0.717) is 24.5 Å². The SMILES string of the molecule is N#Cc1ccc(N2CCCC2=N)cc1C(F)(F)F. The lowest BCUT2D eigenvalue weighted by molar-refractivity contribution is -0.137. The highest BCUT2D eigenvalue weighted by molar-refractivity contribution is 5.97. The molecule has 0 bridgehead atoms. The fourth-order valence-corrected chi connectivity index (χ4v) is 1.99. The number of nitrogens with zero attached hydrogens (tertiary/aromatic N) is 2. The molecular weight excluding hydrogens is 243 g/mol. The van der Waals surface area contributed by atoms with E-state index >= 15 is 0 Å². The van der Waals surface area contributed by atoms with Crippen LogP contribution in [0.5, 0.6) is 0 Å². The molecule has 1 aliphatic heterocycles. The molecule has 94 valence electrons. The summed E-state index contributed by atoms with van der Waals surface area (Å²) in [6, 6.07) is 5.09. The van der Waals surface area contributed by atoms with Gasteiger partial charge in [-0.15, -0.1) is 0 Å². The molecule has 0 spiro atoms. The number of halogens is 3. The Morgan fingerprint density at radius 3 is 2.56 bits per heavy atom. The second-order valence-corrected chi connectivity index (χ2v) is 4.04. The van der Waals surface area contributed by atoms with Crippen LogP contribution in [0, 0.1) is 16.7 Å². The lowest BCUT2D eigenvalue weighted by Gasteiger charge is -2.19. The molecule has 0 aromatic heterocycles. The summed E-state index contributed by atoms with van der Waals surface area (Å²) in [7, 11) is 0. The molecule has 0 amide bonds. The summed E-state index contributed by atoms with van der Waals surface area (Å²) in [5, 5.41) is 16.3. The van der Waals surface area contributed by atoms with Gasteiger partial charge in [-0.05, 0) is 24.6 Å². The average Bonchev–Trinajstić information content (AvgIpc) is 2.73. The predicted octanol–water partition coefficient (Wildman–Crippen LogP) is 3.15. The molecule has 0 saturated carbocycles. The summed E-state index contributed by atoms with van der Waals surface area (Å²) in [5.41, 5.74) is -1.01. The molecule has 0 aliphatic carbocycles. The minimum Gasteiger partial charge on any atom is -0.330 e. The van der Waals surface area contributed by atoms with Crippen LogP contribution < -0.4 is 4.90 Å². The second kappa shape index (κ2) is 4.33. The van der Waals surface area contributed by atoms with Gasteiger partial charge in [0.1, 0.15) is 5.84 Å². The lowest BCUT2D eigenvalue weighted by atomic mass is 10.1. The van der Waals surface area contributed by atoms with Crippen LogP contribution in [0.25, 0.3) is 0 Å². The monoisotopic (exact) mass is 253 g/mol. The van der Waals surface area contributed by atoms with Crippen molar-refractivity contribution in [3.8, 4) is 6.07 Å². The van der Waals surface area contributed by atoms with E-state index in [0.717, 1.165) is 18.6 Å². The third kappa shape index (κ3) is 2.16. The first kappa shape index (κ1) is 12.4. The van der Waals surface area contributed by atoms with Crippen molar-refractivity contribution in [2.45, 2.75) is 19.0 Å². The average molecular weight is 253 g/mol. The number of amidine groups is 1. The van der Waals surface area contributed by atoms with E-state index in [1.165, 1.54) is 17.0 Å². The smallest absolute Gasteiger partial charge is 0.330 e. The third-order valence-electron chi connectivity index (χ3n) is 2.86. The van der Waals surface area contributed by atoms with Gasteiger partial charge in [0.25, 0.3) is 0 Å². The highest BCUT2D eigenvalue weighted by Gasteiger charge is 2.34. The van der Waals surface area contributed by atoms with Gasteiger partial charge in [0.15, 0.2) is 0 Å². The summed E-state index contributed by atoms with van der Waals surface area (Å²) in [6.45, 7) is 0.544. The minimum atomic E-state index is -4.55. The molecule has 18 heavy (non-hydrogen) atoms. The topological polar surface area (TPSA) is 50.9 Å². The quantitative estimate of drug-likeness (QED) is 0.835. The van der Waals surface area contributed by atoms with E-state index in [4.69, 9.17) is 10.7 Å². The van der Waals surface area contributed by atoms with Crippen molar-refractivity contribution in [3.63, 3.8) is 0 Å². The fourth-order valence-electron chi connectivity index (χ4n) is 1.99. The molecule has 2 rings (SSSR count). The number of benzene rings is 1. The van der Waals surface area contributed by atoms with E-state index in [1.54, 1.807) is 0 Å². The van der Waals surface area contributed by atoms with Gasteiger partial charge in [-0.2, -0.15) is 18.4 Å². The van der Waals surface area contributed by atoms with Crippen molar-refractivity contribution in [2.24, 2.45) is 0 Å². The van der Waals surface area contributed by atoms with Gasteiger partial charge in [-0.1, -0.05) is 0 Å². The van der Waals surface area contributed by atoms with Gasteiger partial charge in [0.05, 0.1) is 17.2 Å². The highest BCUT2D eigenvalue weighted by atomic mass is 19.4. The second-order valence-electron chi connectivity index (χ2n) is 4.04. The van der Waals surface area contributed by atoms with Gasteiger partial charge in [-0.3, -0.25) is 5.41 Å². The molecule has 3 nitrogen and oxygen atoms in total. The van der Waals surface area contributed by atoms with Gasteiger partial charge in [-0.25, -0.2) is 0 Å². The van der Waals surface area contributed by atoms with Crippen molar-refractivity contribution in [1.29, 1.82) is 10.7 Å². The number of hydrogen-bond acceptors (Lipinski definition) is 2. The molecule has 0 atom stereocenters. The van der Waals surface area contributed by atoms with E-state index in [2.05, 4.69) is 0 Å². The van der Waals surface area contributed by atoms with Gasteiger partial charge < -0.3 is 4.90 Å². The summed E-state index contributed by atoms with van der Waals surface area (Å²) in [5.74, 6) is 0.313. The van der Waals surface area contributed by atoms with Crippen molar-refractivity contribution in [1.82, 2.24) is 0 Å². The zero-order valence-corrected chi connectivity index (χ0v) is 9.38. The van der Waals surface area contributed by atoms with E-state index < -0.39 is 17.3 Å². The molecule has 1 fully saturated rings. The summed E-state index contributed by atoms with van der Waals surface area (Å²) < 4.78 is 38.3. The Balaban J connectivity index is 2.47. The lowest BCUT2D eigenvalue weighted by Crippen LogP contribution is -2.23. The molecule has 1 heterocycles. The van der Waals surface area contributed by atoms with E-state index in [1.807, 2.05) is 0 Å². The van der Waals surface area contributed by atoms with Crippen LogP contribution in [-0.4, -0.2) is 12.4 Å². The number of anilines is 1. The number of alkyl halides is 3. The molecule has 0 radical (unpaired) electrons. The van der Waals surface area contributed by atoms with Crippen molar-refractivity contribution < 1.29 is 13.2 Å². The van der Waals surface area contributed by atoms with Crippen molar-refractivity contribution >= 4 is 11.5 Å². The number of nitrogens with one attached hydrogen (secondary N) is 1. The van der Waals surface area contributed by atoms with Gasteiger partial charge in [0, 0.05) is 18.7 Å². The van der Waals surface area contributed by atoms with Gasteiger partial charge >= 0.3 is 6.18 Å². The number of nitriles is 1. The highest BCUT2D eigenvalue weighted by Crippen LogP contribution is 2.35. The predicted molar refractivity (Wildman–Crippen MR) is 60.5 cm³/mol. The first-order valence-corrected chi connectivity index (χ1v) is 5.40. The summed E-state index contributed by atoms with van der Waals surface area (Å²) >= 11 is 0. The Bertz CT molecular complexity index is 528. The minimum absolute atomic E-state index is 0.313. The Morgan fingerprint density at radius 2 is 2.06 bits per heavy atom. The van der Waals surface area contributed by atoms with Gasteiger partial charge in [0.2, 0.25) is 0 Å². The molecule has 1 aliphatic rings. The molecule has 1 aromatic carbocycles. The first-order valence-electron chi connectivity index (χ1n) is 5.40. The zero-order chi connectivity index (χ0) is 13.3. The Hall–Kier alpha value is -2.03. The maximum absolute atomic E-state index is 12.8. The first-order chi connectivity index (χ1) is 8.43. The molecule has 1 aromatic rings. The maximum atomic E-state index is 12.8. The van der Waals surface area contributed by atoms with Crippen LogP contribution in [0.2, 0.25) is 0 Å². The normalized spacial score (nSPS) is 15.9. The molecule has 1 saturated heterocycles.